The van der Waals surface area contributed by atoms with Crippen molar-refractivity contribution < 1.29 is 13.2 Å². The Morgan fingerprint density at radius 2 is 1.62 bits per heavy atom. The number of carbonyl (C=O) groups excluding carboxylic acids is 1. The van der Waals surface area contributed by atoms with E-state index in [0.29, 0.717) is 26.8 Å². The highest BCUT2D eigenvalue weighted by Crippen LogP contribution is 2.30. The predicted molar refractivity (Wildman–Crippen MR) is 125 cm³/mol. The molecule has 0 fully saturated rings. The molecule has 0 aliphatic heterocycles. The van der Waals surface area contributed by atoms with Crippen LogP contribution < -0.4 is 4.31 Å². The monoisotopic (exact) mass is 517 g/mol. The molecule has 3 rings (SSSR count). The van der Waals surface area contributed by atoms with Gasteiger partial charge in [-0.2, -0.15) is 4.31 Å². The number of nitrogens with zero attached hydrogens (tertiary/aromatic N) is 1. The molecule has 0 unspecified atom stereocenters. The molecule has 1 amide bonds. The van der Waals surface area contributed by atoms with Crippen LogP contribution in [0.3, 0.4) is 0 Å². The van der Waals surface area contributed by atoms with Crippen molar-refractivity contribution in [1.82, 2.24) is 0 Å². The number of amides is 1. The van der Waals surface area contributed by atoms with Crippen molar-refractivity contribution in [2.75, 3.05) is 4.31 Å². The maximum Gasteiger partial charge on any atom is 0.273 e. The lowest BCUT2D eigenvalue weighted by Crippen LogP contribution is -2.38. The molecule has 0 aliphatic carbocycles. The molecule has 3 aromatic rings. The first-order valence-corrected chi connectivity index (χ1v) is 11.5. The predicted octanol–water partition coefficient (Wildman–Crippen LogP) is 5.36. The van der Waals surface area contributed by atoms with Crippen LogP contribution in [0, 0.1) is 10.5 Å². The smallest absolute Gasteiger partial charge is 0.268 e. The van der Waals surface area contributed by atoms with Crippen LogP contribution in [0.4, 0.5) is 5.69 Å². The Bertz CT molecular complexity index is 1150. The topological polar surface area (TPSA) is 54.5 Å². The third kappa shape index (κ3) is 4.43. The quantitative estimate of drug-likeness (QED) is 0.327. The number of carbonyl (C=O) groups is 1. The lowest BCUT2D eigenvalue weighted by Gasteiger charge is -2.25. The number of allylic oxidation sites excluding steroid dienone is 1. The molecule has 0 heterocycles. The molecular weight excluding hydrogens is 497 g/mol. The van der Waals surface area contributed by atoms with Gasteiger partial charge in [-0.3, -0.25) is 4.79 Å². The van der Waals surface area contributed by atoms with E-state index < -0.39 is 15.9 Å². The van der Waals surface area contributed by atoms with Crippen LogP contribution in [0.5, 0.6) is 0 Å². The van der Waals surface area contributed by atoms with E-state index in [1.54, 1.807) is 54.6 Å². The minimum atomic E-state index is -4.13. The van der Waals surface area contributed by atoms with Gasteiger partial charge in [-0.05, 0) is 71.8 Å². The number of hydrogen-bond donors (Lipinski definition) is 0. The number of hydrogen-bond acceptors (Lipinski definition) is 3. The van der Waals surface area contributed by atoms with E-state index in [4.69, 9.17) is 0 Å². The highest BCUT2D eigenvalue weighted by atomic mass is 127. The number of para-hydroxylation sites is 1. The number of aryl methyl sites for hydroxylation is 1. The summed E-state index contributed by atoms with van der Waals surface area (Å²) < 4.78 is 28.8. The highest BCUT2D eigenvalue weighted by molar-refractivity contribution is 14.1. The number of sulfonamides is 1. The number of anilines is 1. The van der Waals surface area contributed by atoms with Crippen LogP contribution in [0.15, 0.2) is 90.3 Å². The second-order valence-electron chi connectivity index (χ2n) is 6.49. The molecule has 3 aromatic carbocycles. The van der Waals surface area contributed by atoms with Gasteiger partial charge in [0.2, 0.25) is 0 Å². The summed E-state index contributed by atoms with van der Waals surface area (Å²) in [5.74, 6) is -0.591. The summed E-state index contributed by atoms with van der Waals surface area (Å²) in [5.41, 5.74) is 2.30. The maximum absolute atomic E-state index is 13.6. The zero-order valence-corrected chi connectivity index (χ0v) is 18.9. The van der Waals surface area contributed by atoms with Gasteiger partial charge in [0.25, 0.3) is 15.9 Å². The van der Waals surface area contributed by atoms with Crippen molar-refractivity contribution in [2.24, 2.45) is 0 Å². The Labute approximate surface area is 185 Å². The van der Waals surface area contributed by atoms with Gasteiger partial charge in [-0.25, -0.2) is 8.42 Å². The summed E-state index contributed by atoms with van der Waals surface area (Å²) in [6.07, 6.45) is 2.13. The highest BCUT2D eigenvalue weighted by Gasteiger charge is 2.33. The zero-order chi connectivity index (χ0) is 21.0. The summed E-state index contributed by atoms with van der Waals surface area (Å²) in [5, 5.41) is 0. The fourth-order valence-corrected chi connectivity index (χ4v) is 5.01. The van der Waals surface area contributed by atoms with Crippen LogP contribution in [0.25, 0.3) is 0 Å². The minimum absolute atomic E-state index is 0.0656. The Morgan fingerprint density at radius 3 is 2.28 bits per heavy atom. The lowest BCUT2D eigenvalue weighted by molar-refractivity contribution is 0.100. The fourth-order valence-electron chi connectivity index (χ4n) is 2.94. The first-order chi connectivity index (χ1) is 13.9. The fraction of sp³-hybridized carbons (Fsp3) is 0.0870. The van der Waals surface area contributed by atoms with Crippen molar-refractivity contribution >= 4 is 44.2 Å². The summed E-state index contributed by atoms with van der Waals surface area (Å²) in [7, 11) is -4.13. The molecule has 4 nitrogen and oxygen atoms in total. The standard InChI is InChI=1S/C23H20INO3S/c1-3-8-18-9-4-7-12-22(18)25(23(26)20-10-5-6-11-21(20)24)29(27,28)19-15-13-17(2)14-16-19/h3-7,9-16H,1,8H2,2H3. The molecule has 0 saturated heterocycles. The first-order valence-electron chi connectivity index (χ1n) is 8.96. The van der Waals surface area contributed by atoms with Crippen LogP contribution in [-0.4, -0.2) is 14.3 Å². The van der Waals surface area contributed by atoms with Crippen LogP contribution in [0.1, 0.15) is 21.5 Å². The van der Waals surface area contributed by atoms with Crippen LogP contribution >= 0.6 is 22.6 Å². The molecule has 148 valence electrons. The van der Waals surface area contributed by atoms with E-state index in [1.807, 2.05) is 41.6 Å². The molecule has 0 spiro atoms. The molecule has 0 aromatic heterocycles. The molecular formula is C23H20INO3S. The SMILES string of the molecule is C=CCc1ccccc1N(C(=O)c1ccccc1I)S(=O)(=O)c1ccc(C)cc1. The molecule has 6 heteroatoms. The average Bonchev–Trinajstić information content (AvgIpc) is 2.70. The Kier molecular flexibility index (Phi) is 6.54. The first kappa shape index (κ1) is 21.3. The van der Waals surface area contributed by atoms with E-state index in [9.17, 15) is 13.2 Å². The molecule has 0 atom stereocenters. The number of benzene rings is 3. The number of halogens is 1. The lowest BCUT2D eigenvalue weighted by atomic mass is 10.1. The van der Waals surface area contributed by atoms with E-state index >= 15 is 0 Å². The summed E-state index contributed by atoms with van der Waals surface area (Å²) >= 11 is 2.04. The van der Waals surface area contributed by atoms with Gasteiger partial charge in [0, 0.05) is 3.57 Å². The minimum Gasteiger partial charge on any atom is -0.268 e. The molecule has 0 bridgehead atoms. The van der Waals surface area contributed by atoms with Crippen LogP contribution in [0.2, 0.25) is 0 Å². The van der Waals surface area contributed by atoms with E-state index in [0.717, 1.165) is 9.87 Å². The molecule has 29 heavy (non-hydrogen) atoms. The number of rotatable bonds is 6. The summed E-state index contributed by atoms with van der Waals surface area (Å²) in [4.78, 5) is 13.6. The average molecular weight is 517 g/mol. The van der Waals surface area contributed by atoms with Gasteiger partial charge in [0.15, 0.2) is 0 Å². The Hall–Kier alpha value is -2.45. The summed E-state index contributed by atoms with van der Waals surface area (Å²) in [6.45, 7) is 5.63. The molecule has 0 radical (unpaired) electrons. The second-order valence-corrected chi connectivity index (χ2v) is 9.44. The van der Waals surface area contributed by atoms with Crippen molar-refractivity contribution in [2.45, 2.75) is 18.2 Å². The van der Waals surface area contributed by atoms with E-state index in [-0.39, 0.29) is 4.90 Å². The van der Waals surface area contributed by atoms with Gasteiger partial charge in [0.05, 0.1) is 16.1 Å². The Morgan fingerprint density at radius 1 is 1.00 bits per heavy atom. The largest absolute Gasteiger partial charge is 0.273 e. The van der Waals surface area contributed by atoms with E-state index in [1.165, 1.54) is 12.1 Å². The third-order valence-corrected chi connectivity index (χ3v) is 7.07. The normalized spacial score (nSPS) is 11.1. The van der Waals surface area contributed by atoms with Crippen molar-refractivity contribution in [1.29, 1.82) is 0 Å². The summed E-state index contributed by atoms with van der Waals surface area (Å²) in [6, 6.07) is 20.4. The Balaban J connectivity index is 2.25. The molecule has 0 saturated carbocycles. The molecule has 0 aliphatic rings. The van der Waals surface area contributed by atoms with Crippen molar-refractivity contribution in [3.8, 4) is 0 Å². The van der Waals surface area contributed by atoms with Crippen LogP contribution in [-0.2, 0) is 16.4 Å². The second kappa shape index (κ2) is 8.92. The van der Waals surface area contributed by atoms with E-state index in [2.05, 4.69) is 6.58 Å². The van der Waals surface area contributed by atoms with Gasteiger partial charge in [-0.15, -0.1) is 6.58 Å². The maximum atomic E-state index is 13.6. The molecule has 0 N–H and O–H groups in total. The third-order valence-electron chi connectivity index (χ3n) is 4.42. The van der Waals surface area contributed by atoms with Crippen molar-refractivity contribution in [3.05, 3.63) is 106 Å². The van der Waals surface area contributed by atoms with Gasteiger partial charge in [-0.1, -0.05) is 54.1 Å². The van der Waals surface area contributed by atoms with Gasteiger partial charge in [0.1, 0.15) is 0 Å². The van der Waals surface area contributed by atoms with Gasteiger partial charge < -0.3 is 0 Å². The van der Waals surface area contributed by atoms with Gasteiger partial charge >= 0.3 is 0 Å². The van der Waals surface area contributed by atoms with Crippen molar-refractivity contribution in [3.63, 3.8) is 0 Å². The zero-order valence-electron chi connectivity index (χ0n) is 15.9.